The number of unbranched alkanes of at least 4 members (excludes halogenated alkanes) is 11. The van der Waals surface area contributed by atoms with E-state index in [-0.39, 0.29) is 0 Å². The van der Waals surface area contributed by atoms with Gasteiger partial charge in [0.05, 0.1) is 6.61 Å². The SMILES string of the molecule is CCCCCCCCCCCCCCC(OC(C)=O)C(=O)OCC. The number of ether oxygens (including phenoxy) is 2. The van der Waals surface area contributed by atoms with Gasteiger partial charge in [0.25, 0.3) is 0 Å². The Kier molecular flexibility index (Phi) is 16.0. The Hall–Kier alpha value is -1.06. The molecule has 4 nitrogen and oxygen atoms in total. The summed E-state index contributed by atoms with van der Waals surface area (Å²) in [6.45, 7) is 5.65. The molecule has 0 rings (SSSR count). The van der Waals surface area contributed by atoms with Crippen molar-refractivity contribution in [2.24, 2.45) is 0 Å². The summed E-state index contributed by atoms with van der Waals surface area (Å²) in [6.07, 6.45) is 15.1. The molecule has 24 heavy (non-hydrogen) atoms. The molecule has 0 fully saturated rings. The summed E-state index contributed by atoms with van der Waals surface area (Å²) >= 11 is 0. The zero-order chi connectivity index (χ0) is 18.0. The molecule has 4 heteroatoms. The lowest BCUT2D eigenvalue weighted by Gasteiger charge is -2.15. The molecule has 0 aliphatic heterocycles. The van der Waals surface area contributed by atoms with Crippen LogP contribution in [-0.4, -0.2) is 24.6 Å². The molecule has 0 radical (unpaired) electrons. The molecule has 0 aromatic carbocycles. The molecule has 0 bridgehead atoms. The number of esters is 2. The van der Waals surface area contributed by atoms with Gasteiger partial charge in [0, 0.05) is 6.92 Å². The van der Waals surface area contributed by atoms with E-state index < -0.39 is 18.0 Å². The molecule has 0 aromatic heterocycles. The van der Waals surface area contributed by atoms with Crippen LogP contribution in [0.1, 0.15) is 104 Å². The molecule has 0 N–H and O–H groups in total. The lowest BCUT2D eigenvalue weighted by molar-refractivity contribution is -0.166. The molecule has 0 saturated heterocycles. The van der Waals surface area contributed by atoms with Gasteiger partial charge in [0.1, 0.15) is 0 Å². The molecule has 142 valence electrons. The van der Waals surface area contributed by atoms with Crippen LogP contribution in [0.3, 0.4) is 0 Å². The van der Waals surface area contributed by atoms with Crippen LogP contribution in [0.5, 0.6) is 0 Å². The van der Waals surface area contributed by atoms with Crippen LogP contribution >= 0.6 is 0 Å². The van der Waals surface area contributed by atoms with E-state index in [9.17, 15) is 9.59 Å². The Morgan fingerprint density at radius 2 is 1.21 bits per heavy atom. The average molecular weight is 343 g/mol. The first-order chi connectivity index (χ1) is 11.6. The summed E-state index contributed by atoms with van der Waals surface area (Å²) in [5, 5.41) is 0. The van der Waals surface area contributed by atoms with Gasteiger partial charge in [-0.25, -0.2) is 4.79 Å². The summed E-state index contributed by atoms with van der Waals surface area (Å²) in [4.78, 5) is 22.8. The normalized spacial score (nSPS) is 12.0. The van der Waals surface area contributed by atoms with Crippen molar-refractivity contribution in [3.63, 3.8) is 0 Å². The van der Waals surface area contributed by atoms with E-state index in [0.717, 1.165) is 12.8 Å². The summed E-state index contributed by atoms with van der Waals surface area (Å²) in [5.74, 6) is -0.845. The largest absolute Gasteiger partial charge is 0.463 e. The van der Waals surface area contributed by atoms with Gasteiger partial charge in [-0.05, 0) is 19.8 Å². The van der Waals surface area contributed by atoms with Crippen LogP contribution in [0, 0.1) is 0 Å². The van der Waals surface area contributed by atoms with E-state index >= 15 is 0 Å². The lowest BCUT2D eigenvalue weighted by atomic mass is 10.0. The van der Waals surface area contributed by atoms with Crippen LogP contribution in [0.15, 0.2) is 0 Å². The van der Waals surface area contributed by atoms with Crippen LogP contribution in [-0.2, 0) is 19.1 Å². The smallest absolute Gasteiger partial charge is 0.347 e. The predicted molar refractivity (Wildman–Crippen MR) is 97.9 cm³/mol. The standard InChI is InChI=1S/C20H38O4/c1-4-6-7-8-9-10-11-12-13-14-15-16-17-19(24-18(3)21)20(22)23-5-2/h19H,4-17H2,1-3H3. The van der Waals surface area contributed by atoms with Crippen LogP contribution in [0.4, 0.5) is 0 Å². The van der Waals surface area contributed by atoms with Gasteiger partial charge in [-0.2, -0.15) is 0 Å². The van der Waals surface area contributed by atoms with E-state index in [2.05, 4.69) is 6.92 Å². The average Bonchev–Trinajstić information content (AvgIpc) is 2.54. The highest BCUT2D eigenvalue weighted by Gasteiger charge is 2.22. The Balaban J connectivity index is 3.54. The van der Waals surface area contributed by atoms with Gasteiger partial charge < -0.3 is 9.47 Å². The maximum atomic E-state index is 11.7. The first-order valence-electron chi connectivity index (χ1n) is 9.95. The highest BCUT2D eigenvalue weighted by Crippen LogP contribution is 2.14. The van der Waals surface area contributed by atoms with Crippen molar-refractivity contribution < 1.29 is 19.1 Å². The molecule has 1 atom stereocenters. The van der Waals surface area contributed by atoms with Crippen molar-refractivity contribution in [2.45, 2.75) is 110 Å². The van der Waals surface area contributed by atoms with E-state index in [0.29, 0.717) is 13.0 Å². The Bertz CT molecular complexity index is 315. The fourth-order valence-electron chi connectivity index (χ4n) is 2.83. The lowest BCUT2D eigenvalue weighted by Crippen LogP contribution is -2.28. The quantitative estimate of drug-likeness (QED) is 0.272. The maximum absolute atomic E-state index is 11.7. The Labute approximate surface area is 148 Å². The monoisotopic (exact) mass is 342 g/mol. The maximum Gasteiger partial charge on any atom is 0.347 e. The van der Waals surface area contributed by atoms with Gasteiger partial charge in [0.15, 0.2) is 6.10 Å². The van der Waals surface area contributed by atoms with Crippen molar-refractivity contribution in [1.82, 2.24) is 0 Å². The minimum atomic E-state index is -0.731. The Morgan fingerprint density at radius 1 is 0.750 bits per heavy atom. The van der Waals surface area contributed by atoms with Crippen molar-refractivity contribution in [3.8, 4) is 0 Å². The second-order valence-corrected chi connectivity index (χ2v) is 6.53. The minimum Gasteiger partial charge on any atom is -0.463 e. The van der Waals surface area contributed by atoms with Crippen LogP contribution in [0.2, 0.25) is 0 Å². The van der Waals surface area contributed by atoms with Gasteiger partial charge in [-0.3, -0.25) is 4.79 Å². The molecule has 0 aliphatic carbocycles. The molecule has 0 heterocycles. The molecule has 0 aromatic rings. The molecular formula is C20H38O4. The third kappa shape index (κ3) is 14.5. The number of carbonyl (C=O) groups excluding carboxylic acids is 2. The van der Waals surface area contributed by atoms with Crippen LogP contribution < -0.4 is 0 Å². The summed E-state index contributed by atoms with van der Waals surface area (Å²) < 4.78 is 10.00. The summed E-state index contributed by atoms with van der Waals surface area (Å²) in [5.41, 5.74) is 0. The molecule has 0 amide bonds. The molecule has 0 spiro atoms. The first-order valence-corrected chi connectivity index (χ1v) is 9.95. The van der Waals surface area contributed by atoms with Crippen molar-refractivity contribution in [2.75, 3.05) is 6.61 Å². The topological polar surface area (TPSA) is 52.6 Å². The molecule has 1 unspecified atom stereocenters. The second-order valence-electron chi connectivity index (χ2n) is 6.53. The zero-order valence-electron chi connectivity index (χ0n) is 16.1. The van der Waals surface area contributed by atoms with E-state index in [1.807, 2.05) is 0 Å². The van der Waals surface area contributed by atoms with E-state index in [4.69, 9.17) is 9.47 Å². The third-order valence-electron chi connectivity index (χ3n) is 4.18. The van der Waals surface area contributed by atoms with Crippen molar-refractivity contribution in [1.29, 1.82) is 0 Å². The number of rotatable bonds is 16. The third-order valence-corrected chi connectivity index (χ3v) is 4.18. The van der Waals surface area contributed by atoms with Gasteiger partial charge >= 0.3 is 11.9 Å². The van der Waals surface area contributed by atoms with Gasteiger partial charge in [-0.1, -0.05) is 77.6 Å². The van der Waals surface area contributed by atoms with E-state index in [1.54, 1.807) is 6.92 Å². The second kappa shape index (κ2) is 16.8. The van der Waals surface area contributed by atoms with Crippen LogP contribution in [0.25, 0.3) is 0 Å². The fourth-order valence-corrected chi connectivity index (χ4v) is 2.83. The van der Waals surface area contributed by atoms with Gasteiger partial charge in [-0.15, -0.1) is 0 Å². The van der Waals surface area contributed by atoms with Crippen molar-refractivity contribution >= 4 is 11.9 Å². The molecular weight excluding hydrogens is 304 g/mol. The summed E-state index contributed by atoms with van der Waals surface area (Å²) in [6, 6.07) is 0. The number of hydrogen-bond donors (Lipinski definition) is 0. The highest BCUT2D eigenvalue weighted by atomic mass is 16.6. The summed E-state index contributed by atoms with van der Waals surface area (Å²) in [7, 11) is 0. The van der Waals surface area contributed by atoms with Gasteiger partial charge in [0.2, 0.25) is 0 Å². The highest BCUT2D eigenvalue weighted by molar-refractivity contribution is 5.78. The molecule has 0 aliphatic rings. The predicted octanol–water partition coefficient (Wildman–Crippen LogP) is 5.57. The number of carbonyl (C=O) groups is 2. The van der Waals surface area contributed by atoms with E-state index in [1.165, 1.54) is 71.1 Å². The first kappa shape index (κ1) is 22.9. The zero-order valence-corrected chi connectivity index (χ0v) is 16.1. The molecule has 0 saturated carbocycles. The number of hydrogen-bond acceptors (Lipinski definition) is 4. The minimum absolute atomic E-state index is 0.315. The fraction of sp³-hybridized carbons (Fsp3) is 0.900. The van der Waals surface area contributed by atoms with Crippen molar-refractivity contribution in [3.05, 3.63) is 0 Å². The Morgan fingerprint density at radius 3 is 1.62 bits per heavy atom.